The van der Waals surface area contributed by atoms with Crippen molar-refractivity contribution in [2.45, 2.75) is 26.8 Å². The third-order valence-electron chi connectivity index (χ3n) is 3.51. The zero-order chi connectivity index (χ0) is 14.7. The summed E-state index contributed by atoms with van der Waals surface area (Å²) in [5.41, 5.74) is 11.7. The van der Waals surface area contributed by atoms with Crippen LogP contribution in [0.15, 0.2) is 36.4 Å². The summed E-state index contributed by atoms with van der Waals surface area (Å²) >= 11 is 0. The largest absolute Gasteiger partial charge is 0.377 e. The van der Waals surface area contributed by atoms with E-state index in [-0.39, 0.29) is 11.9 Å². The van der Waals surface area contributed by atoms with Gasteiger partial charge in [0.05, 0.1) is 6.04 Å². The van der Waals surface area contributed by atoms with Crippen LogP contribution in [0.4, 0.5) is 10.1 Å². The molecule has 0 aliphatic heterocycles. The van der Waals surface area contributed by atoms with E-state index in [4.69, 9.17) is 5.73 Å². The van der Waals surface area contributed by atoms with E-state index in [1.165, 1.54) is 34.4 Å². The average molecular weight is 272 g/mol. The minimum atomic E-state index is -0.234. The van der Waals surface area contributed by atoms with Gasteiger partial charge in [0.25, 0.3) is 0 Å². The molecule has 106 valence electrons. The maximum atomic E-state index is 12.9. The smallest absolute Gasteiger partial charge is 0.123 e. The maximum absolute atomic E-state index is 12.9. The lowest BCUT2D eigenvalue weighted by atomic mass is 9.94. The standard InChI is InChI=1S/C17H21FN2/c1-11-8-12(2)17(13(3)9-11)16(10-19)20-15-6-4-14(18)5-7-15/h4-9,16,20H,10,19H2,1-3H3. The third kappa shape index (κ3) is 3.17. The summed E-state index contributed by atoms with van der Waals surface area (Å²) in [6.07, 6.45) is 0. The van der Waals surface area contributed by atoms with Gasteiger partial charge in [0, 0.05) is 12.2 Å². The van der Waals surface area contributed by atoms with Crippen molar-refractivity contribution < 1.29 is 4.39 Å². The van der Waals surface area contributed by atoms with Gasteiger partial charge in [-0.1, -0.05) is 17.7 Å². The summed E-state index contributed by atoms with van der Waals surface area (Å²) in [6.45, 7) is 6.78. The molecule has 3 N–H and O–H groups in total. The summed E-state index contributed by atoms with van der Waals surface area (Å²) in [5.74, 6) is -0.234. The van der Waals surface area contributed by atoms with Crippen molar-refractivity contribution in [1.29, 1.82) is 0 Å². The highest BCUT2D eigenvalue weighted by atomic mass is 19.1. The summed E-state index contributed by atoms with van der Waals surface area (Å²) in [4.78, 5) is 0. The lowest BCUT2D eigenvalue weighted by Gasteiger charge is -2.23. The van der Waals surface area contributed by atoms with E-state index in [1.54, 1.807) is 12.1 Å². The third-order valence-corrected chi connectivity index (χ3v) is 3.51. The topological polar surface area (TPSA) is 38.0 Å². The van der Waals surface area contributed by atoms with Crippen LogP contribution >= 0.6 is 0 Å². The number of anilines is 1. The fourth-order valence-corrected chi connectivity index (χ4v) is 2.74. The Balaban J connectivity index is 2.31. The molecule has 0 aliphatic carbocycles. The van der Waals surface area contributed by atoms with Crippen molar-refractivity contribution in [1.82, 2.24) is 0 Å². The van der Waals surface area contributed by atoms with E-state index in [9.17, 15) is 4.39 Å². The number of nitrogens with two attached hydrogens (primary N) is 1. The molecule has 0 radical (unpaired) electrons. The van der Waals surface area contributed by atoms with Crippen LogP contribution in [0.1, 0.15) is 28.3 Å². The van der Waals surface area contributed by atoms with E-state index in [1.807, 2.05) is 0 Å². The Hall–Kier alpha value is -1.87. The molecular formula is C17H21FN2. The molecular weight excluding hydrogens is 251 g/mol. The van der Waals surface area contributed by atoms with Crippen LogP contribution in [-0.4, -0.2) is 6.54 Å². The fourth-order valence-electron chi connectivity index (χ4n) is 2.74. The average Bonchev–Trinajstić information content (AvgIpc) is 2.38. The molecule has 0 aliphatic rings. The molecule has 0 spiro atoms. The highest BCUT2D eigenvalue weighted by Crippen LogP contribution is 2.26. The van der Waals surface area contributed by atoms with Crippen molar-refractivity contribution in [2.24, 2.45) is 5.73 Å². The molecule has 0 amide bonds. The Labute approximate surface area is 119 Å². The van der Waals surface area contributed by atoms with Crippen molar-refractivity contribution in [3.05, 3.63) is 64.5 Å². The van der Waals surface area contributed by atoms with Crippen molar-refractivity contribution in [3.63, 3.8) is 0 Å². The number of aryl methyl sites for hydroxylation is 3. The molecule has 2 aromatic carbocycles. The summed E-state index contributed by atoms with van der Waals surface area (Å²) in [5, 5.41) is 3.38. The minimum absolute atomic E-state index is 0.0288. The van der Waals surface area contributed by atoms with Gasteiger partial charge in [-0.2, -0.15) is 0 Å². The van der Waals surface area contributed by atoms with Crippen LogP contribution in [0.25, 0.3) is 0 Å². The molecule has 2 aromatic rings. The molecule has 3 heteroatoms. The number of nitrogens with one attached hydrogen (secondary N) is 1. The number of hydrogen-bond acceptors (Lipinski definition) is 2. The Bertz CT molecular complexity index is 567. The van der Waals surface area contributed by atoms with Crippen LogP contribution in [0.2, 0.25) is 0 Å². The molecule has 1 atom stereocenters. The van der Waals surface area contributed by atoms with Crippen molar-refractivity contribution in [2.75, 3.05) is 11.9 Å². The molecule has 0 heterocycles. The first-order valence-electron chi connectivity index (χ1n) is 6.81. The molecule has 2 rings (SSSR count). The minimum Gasteiger partial charge on any atom is -0.377 e. The number of rotatable bonds is 4. The summed E-state index contributed by atoms with van der Waals surface area (Å²) in [6, 6.07) is 10.7. The molecule has 0 aromatic heterocycles. The second kappa shape index (κ2) is 6.06. The first-order chi connectivity index (χ1) is 9.51. The summed E-state index contributed by atoms with van der Waals surface area (Å²) < 4.78 is 12.9. The Morgan fingerprint density at radius 3 is 2.10 bits per heavy atom. The van der Waals surface area contributed by atoms with Gasteiger partial charge in [-0.25, -0.2) is 4.39 Å². The molecule has 1 unspecified atom stereocenters. The van der Waals surface area contributed by atoms with Crippen LogP contribution in [-0.2, 0) is 0 Å². The highest BCUT2D eigenvalue weighted by molar-refractivity contribution is 5.49. The van der Waals surface area contributed by atoms with Gasteiger partial charge in [0.1, 0.15) is 5.82 Å². The van der Waals surface area contributed by atoms with Crippen molar-refractivity contribution >= 4 is 5.69 Å². The quantitative estimate of drug-likeness (QED) is 0.887. The number of hydrogen-bond donors (Lipinski definition) is 2. The van der Waals surface area contributed by atoms with Crippen molar-refractivity contribution in [3.8, 4) is 0 Å². The molecule has 0 saturated heterocycles. The van der Waals surface area contributed by atoms with Gasteiger partial charge in [0.15, 0.2) is 0 Å². The normalized spacial score (nSPS) is 12.2. The Kier molecular flexibility index (Phi) is 4.40. The highest BCUT2D eigenvalue weighted by Gasteiger charge is 2.15. The van der Waals surface area contributed by atoms with Crippen LogP contribution in [0.5, 0.6) is 0 Å². The molecule has 2 nitrogen and oxygen atoms in total. The predicted octanol–water partition coefficient (Wildman–Crippen LogP) is 3.86. The second-order valence-electron chi connectivity index (χ2n) is 5.25. The summed E-state index contributed by atoms with van der Waals surface area (Å²) in [7, 11) is 0. The van der Waals surface area contributed by atoms with E-state index in [2.05, 4.69) is 38.2 Å². The zero-order valence-corrected chi connectivity index (χ0v) is 12.2. The maximum Gasteiger partial charge on any atom is 0.123 e. The predicted molar refractivity (Wildman–Crippen MR) is 82.5 cm³/mol. The van der Waals surface area contributed by atoms with Crippen LogP contribution in [0, 0.1) is 26.6 Å². The molecule has 0 bridgehead atoms. The second-order valence-corrected chi connectivity index (χ2v) is 5.25. The first-order valence-corrected chi connectivity index (χ1v) is 6.81. The van der Waals surface area contributed by atoms with E-state index < -0.39 is 0 Å². The SMILES string of the molecule is Cc1cc(C)c(C(CN)Nc2ccc(F)cc2)c(C)c1. The monoisotopic (exact) mass is 272 g/mol. The van der Waals surface area contributed by atoms with Gasteiger partial charge < -0.3 is 11.1 Å². The van der Waals surface area contributed by atoms with Gasteiger partial charge in [-0.05, 0) is 61.7 Å². The van der Waals surface area contributed by atoms with E-state index >= 15 is 0 Å². The zero-order valence-electron chi connectivity index (χ0n) is 12.2. The number of benzene rings is 2. The van der Waals surface area contributed by atoms with E-state index in [0.29, 0.717) is 6.54 Å². The van der Waals surface area contributed by atoms with Gasteiger partial charge in [-0.15, -0.1) is 0 Å². The number of halogens is 1. The lowest BCUT2D eigenvalue weighted by Crippen LogP contribution is -2.22. The van der Waals surface area contributed by atoms with Crippen LogP contribution in [0.3, 0.4) is 0 Å². The molecule has 0 saturated carbocycles. The molecule has 0 fully saturated rings. The van der Waals surface area contributed by atoms with Crippen LogP contribution < -0.4 is 11.1 Å². The Morgan fingerprint density at radius 2 is 1.60 bits per heavy atom. The Morgan fingerprint density at radius 1 is 1.05 bits per heavy atom. The fraction of sp³-hybridized carbons (Fsp3) is 0.294. The van der Waals surface area contributed by atoms with Gasteiger partial charge >= 0.3 is 0 Å². The van der Waals surface area contributed by atoms with Gasteiger partial charge in [-0.3, -0.25) is 0 Å². The lowest BCUT2D eigenvalue weighted by molar-refractivity contribution is 0.628. The molecule has 20 heavy (non-hydrogen) atoms. The van der Waals surface area contributed by atoms with E-state index in [0.717, 1.165) is 5.69 Å². The first kappa shape index (κ1) is 14.5. The van der Waals surface area contributed by atoms with Gasteiger partial charge in [0.2, 0.25) is 0 Å².